The number of carbonyl (C=O) groups is 2. The van der Waals surface area contributed by atoms with Crippen molar-refractivity contribution in [3.05, 3.63) is 29.8 Å². The molecule has 0 aliphatic carbocycles. The molecule has 1 atom stereocenters. The van der Waals surface area contributed by atoms with Gasteiger partial charge in [-0.1, -0.05) is 110 Å². The number of para-hydroxylation sites is 1. The first-order valence-corrected chi connectivity index (χ1v) is 13.1. The van der Waals surface area contributed by atoms with Crippen molar-refractivity contribution in [2.75, 3.05) is 13.7 Å². The van der Waals surface area contributed by atoms with Gasteiger partial charge in [-0.2, -0.15) is 0 Å². The first-order valence-electron chi connectivity index (χ1n) is 13.1. The average molecular weight is 462 g/mol. The molecule has 0 aliphatic heterocycles. The highest BCUT2D eigenvalue weighted by Crippen LogP contribution is 2.18. The van der Waals surface area contributed by atoms with E-state index in [-0.39, 0.29) is 17.8 Å². The number of rotatable bonds is 19. The molecule has 1 aromatic carbocycles. The summed E-state index contributed by atoms with van der Waals surface area (Å²) in [6, 6.07) is 6.31. The van der Waals surface area contributed by atoms with Crippen LogP contribution in [0.15, 0.2) is 24.3 Å². The highest BCUT2D eigenvalue weighted by Gasteiger charge is 2.27. The molecule has 0 fully saturated rings. The van der Waals surface area contributed by atoms with E-state index in [1.54, 1.807) is 24.3 Å². The molecule has 0 spiro atoms. The maximum Gasteiger partial charge on any atom is 0.328 e. The largest absolute Gasteiger partial charge is 0.496 e. The lowest BCUT2D eigenvalue weighted by Crippen LogP contribution is -2.45. The molecule has 188 valence electrons. The maximum atomic E-state index is 12.6. The second-order valence-corrected chi connectivity index (χ2v) is 9.31. The summed E-state index contributed by atoms with van der Waals surface area (Å²) in [4.78, 5) is 25.2. The predicted octanol–water partition coefficient (Wildman–Crippen LogP) is 7.08. The van der Waals surface area contributed by atoms with Crippen molar-refractivity contribution in [3.63, 3.8) is 0 Å². The van der Waals surface area contributed by atoms with Gasteiger partial charge in [0.25, 0.3) is 5.91 Å². The molecule has 0 bridgehead atoms. The van der Waals surface area contributed by atoms with Gasteiger partial charge in [0.1, 0.15) is 11.8 Å². The molecule has 1 rings (SSSR count). The fourth-order valence-corrected chi connectivity index (χ4v) is 3.93. The van der Waals surface area contributed by atoms with E-state index >= 15 is 0 Å². The second-order valence-electron chi connectivity index (χ2n) is 9.31. The summed E-state index contributed by atoms with van der Waals surface area (Å²) >= 11 is 0. The van der Waals surface area contributed by atoms with Crippen LogP contribution in [0.5, 0.6) is 5.75 Å². The quantitative estimate of drug-likeness (QED) is 0.176. The van der Waals surface area contributed by atoms with Crippen molar-refractivity contribution < 1.29 is 19.1 Å². The van der Waals surface area contributed by atoms with Crippen molar-refractivity contribution >= 4 is 11.9 Å². The Labute approximate surface area is 202 Å². The lowest BCUT2D eigenvalue weighted by molar-refractivity contribution is -0.147. The van der Waals surface area contributed by atoms with Crippen LogP contribution in [-0.2, 0) is 9.53 Å². The average Bonchev–Trinajstić information content (AvgIpc) is 2.82. The predicted molar refractivity (Wildman–Crippen MR) is 136 cm³/mol. The van der Waals surface area contributed by atoms with Gasteiger partial charge in [-0.25, -0.2) is 4.79 Å². The highest BCUT2D eigenvalue weighted by molar-refractivity contribution is 5.99. The monoisotopic (exact) mass is 461 g/mol. The molecule has 5 heteroatoms. The Balaban J connectivity index is 2.17. The summed E-state index contributed by atoms with van der Waals surface area (Å²) in [5.41, 5.74) is 0.412. The minimum absolute atomic E-state index is 0.0669. The number of carbonyl (C=O) groups excluding carboxylic acids is 2. The van der Waals surface area contributed by atoms with Crippen molar-refractivity contribution in [3.8, 4) is 5.75 Å². The Bertz CT molecular complexity index is 659. The van der Waals surface area contributed by atoms with Gasteiger partial charge in [0.05, 0.1) is 19.3 Å². The molecule has 0 radical (unpaired) electrons. The van der Waals surface area contributed by atoms with Gasteiger partial charge in [0.2, 0.25) is 0 Å². The number of esters is 1. The van der Waals surface area contributed by atoms with E-state index in [0.29, 0.717) is 17.9 Å². The molecule has 1 aromatic rings. The van der Waals surface area contributed by atoms with Crippen molar-refractivity contribution in [1.29, 1.82) is 0 Å². The minimum atomic E-state index is -0.676. The van der Waals surface area contributed by atoms with Crippen LogP contribution in [0.2, 0.25) is 0 Å². The number of unbranched alkanes of at least 4 members (excludes halogenated alkanes) is 12. The zero-order chi connectivity index (χ0) is 24.3. The Morgan fingerprint density at radius 2 is 1.33 bits per heavy atom. The molecule has 0 saturated heterocycles. The smallest absolute Gasteiger partial charge is 0.328 e. The van der Waals surface area contributed by atoms with Crippen molar-refractivity contribution in [2.45, 2.75) is 110 Å². The summed E-state index contributed by atoms with van der Waals surface area (Å²) in [5, 5.41) is 2.81. The summed E-state index contributed by atoms with van der Waals surface area (Å²) in [7, 11) is 1.52. The summed E-state index contributed by atoms with van der Waals surface area (Å²) in [5.74, 6) is -0.281. The number of methoxy groups -OCH3 is 1. The third-order valence-corrected chi connectivity index (χ3v) is 6.05. The summed E-state index contributed by atoms with van der Waals surface area (Å²) in [6.07, 6.45) is 16.7. The van der Waals surface area contributed by atoms with Crippen LogP contribution in [0.3, 0.4) is 0 Å². The minimum Gasteiger partial charge on any atom is -0.496 e. The first kappa shape index (κ1) is 29.0. The van der Waals surface area contributed by atoms with E-state index in [2.05, 4.69) is 12.2 Å². The molecule has 1 N–H and O–H groups in total. The molecule has 0 heterocycles. The number of ether oxygens (including phenoxy) is 2. The van der Waals surface area contributed by atoms with Gasteiger partial charge in [0.15, 0.2) is 0 Å². The van der Waals surface area contributed by atoms with Crippen LogP contribution >= 0.6 is 0 Å². The van der Waals surface area contributed by atoms with Gasteiger partial charge in [-0.05, 0) is 24.5 Å². The number of benzene rings is 1. The Kier molecular flexibility index (Phi) is 16.2. The Morgan fingerprint density at radius 1 is 0.818 bits per heavy atom. The molecule has 0 aromatic heterocycles. The van der Waals surface area contributed by atoms with Crippen LogP contribution < -0.4 is 10.1 Å². The van der Waals surface area contributed by atoms with Crippen LogP contribution in [0.25, 0.3) is 0 Å². The third-order valence-electron chi connectivity index (χ3n) is 6.05. The zero-order valence-electron chi connectivity index (χ0n) is 21.5. The third kappa shape index (κ3) is 12.7. The van der Waals surface area contributed by atoms with Crippen LogP contribution in [0.1, 0.15) is 115 Å². The van der Waals surface area contributed by atoms with E-state index in [4.69, 9.17) is 9.47 Å². The zero-order valence-corrected chi connectivity index (χ0v) is 21.5. The molecule has 1 amide bonds. The van der Waals surface area contributed by atoms with E-state index in [1.807, 2.05) is 13.8 Å². The molecular formula is C28H47NO4. The molecule has 5 nitrogen and oxygen atoms in total. The summed E-state index contributed by atoms with van der Waals surface area (Å²) in [6.45, 7) is 6.47. The maximum absolute atomic E-state index is 12.6. The molecule has 0 saturated carbocycles. The van der Waals surface area contributed by atoms with Crippen molar-refractivity contribution in [1.82, 2.24) is 5.32 Å². The van der Waals surface area contributed by atoms with Crippen LogP contribution in [-0.4, -0.2) is 31.6 Å². The lowest BCUT2D eigenvalue weighted by atomic mass is 10.0. The molecular weight excluding hydrogens is 414 g/mol. The lowest BCUT2D eigenvalue weighted by Gasteiger charge is -2.21. The number of hydrogen-bond acceptors (Lipinski definition) is 4. The number of nitrogens with one attached hydrogen (secondary N) is 1. The van der Waals surface area contributed by atoms with Gasteiger partial charge >= 0.3 is 5.97 Å². The van der Waals surface area contributed by atoms with Crippen molar-refractivity contribution in [2.24, 2.45) is 5.92 Å². The van der Waals surface area contributed by atoms with E-state index < -0.39 is 6.04 Å². The molecule has 33 heavy (non-hydrogen) atoms. The molecule has 0 aliphatic rings. The SMILES string of the molecule is CCCCCCCCCCCCCCCOC(=O)C(NC(=O)c1ccccc1OC)C(C)C. The van der Waals surface area contributed by atoms with E-state index in [1.165, 1.54) is 77.7 Å². The van der Waals surface area contributed by atoms with Gasteiger partial charge in [-0.3, -0.25) is 4.79 Å². The van der Waals surface area contributed by atoms with Gasteiger partial charge in [-0.15, -0.1) is 0 Å². The molecule has 1 unspecified atom stereocenters. The van der Waals surface area contributed by atoms with Crippen LogP contribution in [0, 0.1) is 5.92 Å². The van der Waals surface area contributed by atoms with E-state index in [0.717, 1.165) is 12.8 Å². The second kappa shape index (κ2) is 18.4. The first-order chi connectivity index (χ1) is 16.0. The fraction of sp³-hybridized carbons (Fsp3) is 0.714. The normalized spacial score (nSPS) is 11.9. The van der Waals surface area contributed by atoms with Gasteiger partial charge in [0, 0.05) is 0 Å². The number of amides is 1. The van der Waals surface area contributed by atoms with E-state index in [9.17, 15) is 9.59 Å². The number of hydrogen-bond donors (Lipinski definition) is 1. The summed E-state index contributed by atoms with van der Waals surface area (Å²) < 4.78 is 10.7. The standard InChI is InChI=1S/C28H47NO4/c1-5-6-7-8-9-10-11-12-13-14-15-16-19-22-33-28(31)26(23(2)3)29-27(30)24-20-17-18-21-25(24)32-4/h17-18,20-21,23,26H,5-16,19,22H2,1-4H3,(H,29,30). The van der Waals surface area contributed by atoms with Crippen LogP contribution in [0.4, 0.5) is 0 Å². The van der Waals surface area contributed by atoms with Gasteiger partial charge < -0.3 is 14.8 Å². The topological polar surface area (TPSA) is 64.6 Å². The fourth-order valence-electron chi connectivity index (χ4n) is 3.93. The Hall–Kier alpha value is -2.04. The highest BCUT2D eigenvalue weighted by atomic mass is 16.5. The Morgan fingerprint density at radius 3 is 1.85 bits per heavy atom.